The summed E-state index contributed by atoms with van der Waals surface area (Å²) in [4.78, 5) is 2.56. The van der Waals surface area contributed by atoms with E-state index in [1.807, 2.05) is 0 Å². The lowest BCUT2D eigenvalue weighted by Gasteiger charge is -2.41. The van der Waals surface area contributed by atoms with Gasteiger partial charge < -0.3 is 10.2 Å². The van der Waals surface area contributed by atoms with Gasteiger partial charge in [-0.1, -0.05) is 41.5 Å². The van der Waals surface area contributed by atoms with E-state index in [0.29, 0.717) is 5.41 Å². The van der Waals surface area contributed by atoms with Gasteiger partial charge in [-0.25, -0.2) is 0 Å². The summed E-state index contributed by atoms with van der Waals surface area (Å²) in [6.07, 6.45) is 5.44. The Labute approximate surface area is 134 Å². The van der Waals surface area contributed by atoms with E-state index in [4.69, 9.17) is 0 Å². The molecule has 0 heterocycles. The van der Waals surface area contributed by atoms with Gasteiger partial charge in [-0.05, 0) is 62.4 Å². The predicted octanol–water partition coefficient (Wildman–Crippen LogP) is 4.40. The number of hydrogen-bond donors (Lipinski definition) is 1. The maximum Gasteiger partial charge on any atom is 0.0108 e. The molecular formula is C19H40N2. The molecule has 0 bridgehead atoms. The van der Waals surface area contributed by atoms with E-state index in [1.165, 1.54) is 45.3 Å². The zero-order valence-electron chi connectivity index (χ0n) is 15.7. The Morgan fingerprint density at radius 3 is 2.38 bits per heavy atom. The number of nitrogens with zero attached hydrogens (tertiary/aromatic N) is 1. The van der Waals surface area contributed by atoms with Crippen LogP contribution < -0.4 is 5.32 Å². The molecule has 1 fully saturated rings. The molecule has 0 aromatic carbocycles. The van der Waals surface area contributed by atoms with Crippen molar-refractivity contribution in [2.24, 2.45) is 23.2 Å². The fourth-order valence-electron chi connectivity index (χ4n) is 3.98. The molecule has 0 saturated heterocycles. The fourth-order valence-corrected chi connectivity index (χ4v) is 3.98. The average molecular weight is 297 g/mol. The minimum Gasteiger partial charge on any atom is -0.314 e. The lowest BCUT2D eigenvalue weighted by molar-refractivity contribution is 0.116. The molecule has 1 rings (SSSR count). The van der Waals surface area contributed by atoms with Crippen LogP contribution in [-0.4, -0.2) is 37.6 Å². The van der Waals surface area contributed by atoms with Crippen LogP contribution in [0.25, 0.3) is 0 Å². The maximum atomic E-state index is 3.82. The minimum absolute atomic E-state index is 0.396. The van der Waals surface area contributed by atoms with Gasteiger partial charge in [0.1, 0.15) is 0 Å². The highest BCUT2D eigenvalue weighted by Gasteiger charge is 2.32. The zero-order valence-corrected chi connectivity index (χ0v) is 15.7. The molecule has 1 N–H and O–H groups in total. The van der Waals surface area contributed by atoms with Gasteiger partial charge in [-0.3, -0.25) is 0 Å². The van der Waals surface area contributed by atoms with Crippen LogP contribution in [0, 0.1) is 23.2 Å². The van der Waals surface area contributed by atoms with Crippen LogP contribution in [-0.2, 0) is 0 Å². The van der Waals surface area contributed by atoms with Crippen molar-refractivity contribution in [2.45, 2.75) is 73.3 Å². The van der Waals surface area contributed by atoms with Crippen molar-refractivity contribution in [1.82, 2.24) is 10.2 Å². The summed E-state index contributed by atoms with van der Waals surface area (Å²) in [5.41, 5.74) is 0.396. The molecule has 0 radical (unpaired) electrons. The first-order chi connectivity index (χ1) is 9.73. The topological polar surface area (TPSA) is 15.3 Å². The second kappa shape index (κ2) is 8.53. The Balaban J connectivity index is 2.60. The number of hydrogen-bond acceptors (Lipinski definition) is 2. The maximum absolute atomic E-state index is 3.82. The highest BCUT2D eigenvalue weighted by molar-refractivity contribution is 4.87. The van der Waals surface area contributed by atoms with Gasteiger partial charge in [-0.15, -0.1) is 0 Å². The van der Waals surface area contributed by atoms with Gasteiger partial charge in [0, 0.05) is 19.1 Å². The summed E-state index contributed by atoms with van der Waals surface area (Å²) in [5.74, 6) is 2.59. The Kier molecular flexibility index (Phi) is 7.70. The van der Waals surface area contributed by atoms with E-state index < -0.39 is 0 Å². The van der Waals surface area contributed by atoms with E-state index in [0.717, 1.165) is 23.8 Å². The van der Waals surface area contributed by atoms with Crippen molar-refractivity contribution in [3.63, 3.8) is 0 Å². The summed E-state index contributed by atoms with van der Waals surface area (Å²) in [6.45, 7) is 17.7. The van der Waals surface area contributed by atoms with Crippen molar-refractivity contribution in [3.8, 4) is 0 Å². The molecule has 0 aliphatic heterocycles. The average Bonchev–Trinajstić information content (AvgIpc) is 2.34. The smallest absolute Gasteiger partial charge is 0.0108 e. The Morgan fingerprint density at radius 2 is 1.86 bits per heavy atom. The molecule has 1 saturated carbocycles. The quantitative estimate of drug-likeness (QED) is 0.749. The number of nitrogens with one attached hydrogen (secondary N) is 1. The van der Waals surface area contributed by atoms with E-state index in [9.17, 15) is 0 Å². The van der Waals surface area contributed by atoms with Crippen molar-refractivity contribution < 1.29 is 0 Å². The number of rotatable bonds is 7. The second-order valence-electron chi connectivity index (χ2n) is 8.90. The molecule has 21 heavy (non-hydrogen) atoms. The highest BCUT2D eigenvalue weighted by atomic mass is 15.1. The lowest BCUT2D eigenvalue weighted by atomic mass is 9.73. The fraction of sp³-hybridized carbons (Fsp3) is 1.00. The molecule has 0 amide bonds. The van der Waals surface area contributed by atoms with E-state index in [-0.39, 0.29) is 0 Å². The summed E-state index contributed by atoms with van der Waals surface area (Å²) in [6, 6.07) is 0.738. The first-order valence-electron chi connectivity index (χ1n) is 9.15. The predicted molar refractivity (Wildman–Crippen MR) is 94.7 cm³/mol. The van der Waals surface area contributed by atoms with Crippen LogP contribution in [0.3, 0.4) is 0 Å². The van der Waals surface area contributed by atoms with Gasteiger partial charge in [0.25, 0.3) is 0 Å². The summed E-state index contributed by atoms with van der Waals surface area (Å²) >= 11 is 0. The highest BCUT2D eigenvalue weighted by Crippen LogP contribution is 2.34. The molecular weight excluding hydrogens is 256 g/mol. The summed E-state index contributed by atoms with van der Waals surface area (Å²) < 4.78 is 0. The van der Waals surface area contributed by atoms with Crippen LogP contribution >= 0.6 is 0 Å². The minimum atomic E-state index is 0.396. The van der Waals surface area contributed by atoms with Crippen LogP contribution in [0.1, 0.15) is 67.2 Å². The Hall–Kier alpha value is -0.0800. The van der Waals surface area contributed by atoms with E-state index in [2.05, 4.69) is 58.8 Å². The largest absolute Gasteiger partial charge is 0.314 e. The van der Waals surface area contributed by atoms with Gasteiger partial charge in [0.05, 0.1) is 0 Å². The Bertz CT molecular complexity index is 280. The van der Waals surface area contributed by atoms with Crippen molar-refractivity contribution in [3.05, 3.63) is 0 Å². The molecule has 0 aromatic heterocycles. The van der Waals surface area contributed by atoms with Crippen LogP contribution in [0.15, 0.2) is 0 Å². The van der Waals surface area contributed by atoms with Crippen LogP contribution in [0.5, 0.6) is 0 Å². The molecule has 1 aliphatic carbocycles. The van der Waals surface area contributed by atoms with Crippen molar-refractivity contribution in [2.75, 3.05) is 26.7 Å². The van der Waals surface area contributed by atoms with Crippen molar-refractivity contribution in [1.29, 1.82) is 0 Å². The second-order valence-corrected chi connectivity index (χ2v) is 8.90. The molecule has 0 spiro atoms. The molecule has 126 valence electrons. The standard InChI is InChI=1S/C19H40N2/c1-8-11-20-18-10-9-16(15(2)3)12-17(18)13-21(7)14-19(4,5)6/h15-18,20H,8-14H2,1-7H3. The van der Waals surface area contributed by atoms with Gasteiger partial charge in [0.15, 0.2) is 0 Å². The third kappa shape index (κ3) is 7.15. The van der Waals surface area contributed by atoms with E-state index in [1.54, 1.807) is 0 Å². The zero-order chi connectivity index (χ0) is 16.0. The van der Waals surface area contributed by atoms with Crippen molar-refractivity contribution >= 4 is 0 Å². The molecule has 3 atom stereocenters. The Morgan fingerprint density at radius 1 is 1.19 bits per heavy atom. The van der Waals surface area contributed by atoms with Crippen LogP contribution in [0.2, 0.25) is 0 Å². The summed E-state index contributed by atoms with van der Waals surface area (Å²) in [7, 11) is 2.31. The molecule has 2 nitrogen and oxygen atoms in total. The van der Waals surface area contributed by atoms with Crippen LogP contribution in [0.4, 0.5) is 0 Å². The van der Waals surface area contributed by atoms with Gasteiger partial charge in [-0.2, -0.15) is 0 Å². The third-order valence-electron chi connectivity index (χ3n) is 4.91. The lowest BCUT2D eigenvalue weighted by Crippen LogP contribution is -2.47. The first-order valence-corrected chi connectivity index (χ1v) is 9.15. The summed E-state index contributed by atoms with van der Waals surface area (Å²) in [5, 5.41) is 3.82. The first kappa shape index (κ1) is 19.0. The SMILES string of the molecule is CCCNC1CCC(C(C)C)CC1CN(C)CC(C)(C)C. The normalized spacial score (nSPS) is 27.6. The molecule has 1 aliphatic rings. The van der Waals surface area contributed by atoms with E-state index >= 15 is 0 Å². The molecule has 3 unspecified atom stereocenters. The third-order valence-corrected chi connectivity index (χ3v) is 4.91. The monoisotopic (exact) mass is 296 g/mol. The molecule has 2 heteroatoms. The molecule has 0 aromatic rings. The van der Waals surface area contributed by atoms with Gasteiger partial charge in [0.2, 0.25) is 0 Å². The van der Waals surface area contributed by atoms with Gasteiger partial charge >= 0.3 is 0 Å².